The molecule has 1 amide bonds. The van der Waals surface area contributed by atoms with E-state index in [2.05, 4.69) is 24.1 Å². The van der Waals surface area contributed by atoms with Crippen molar-refractivity contribution in [2.45, 2.75) is 51.0 Å². The van der Waals surface area contributed by atoms with E-state index in [1.165, 1.54) is 0 Å². The highest BCUT2D eigenvalue weighted by Crippen LogP contribution is 2.20. The third-order valence-corrected chi connectivity index (χ3v) is 7.33. The van der Waals surface area contributed by atoms with Gasteiger partial charge in [-0.2, -0.15) is 0 Å². The van der Waals surface area contributed by atoms with Gasteiger partial charge in [-0.25, -0.2) is 8.42 Å². The Morgan fingerprint density at radius 2 is 1.75 bits per heavy atom. The Balaban J connectivity index is 1.90. The molecule has 0 spiro atoms. The minimum atomic E-state index is -3.44. The molecular weight excluding hydrogens is 376 g/mol. The molecule has 28 heavy (non-hydrogen) atoms. The van der Waals surface area contributed by atoms with Crippen molar-refractivity contribution in [3.8, 4) is 0 Å². The van der Waals surface area contributed by atoms with Gasteiger partial charge in [-0.1, -0.05) is 44.4 Å². The van der Waals surface area contributed by atoms with Crippen LogP contribution in [0.5, 0.6) is 0 Å². The van der Waals surface area contributed by atoms with Crippen LogP contribution in [0.2, 0.25) is 0 Å². The molecule has 7 heteroatoms. The average Bonchev–Trinajstić information content (AvgIpc) is 2.70. The smallest absolute Gasteiger partial charge is 0.221 e. The van der Waals surface area contributed by atoms with E-state index < -0.39 is 9.84 Å². The summed E-state index contributed by atoms with van der Waals surface area (Å²) in [6.45, 7) is 10.0. The molecule has 1 heterocycles. The molecule has 1 aromatic carbocycles. The van der Waals surface area contributed by atoms with Crippen LogP contribution in [0.15, 0.2) is 29.2 Å². The number of morpholine rings is 1. The number of hydrogen-bond acceptors (Lipinski definition) is 5. The van der Waals surface area contributed by atoms with E-state index in [0.29, 0.717) is 12.5 Å². The van der Waals surface area contributed by atoms with Crippen molar-refractivity contribution in [3.05, 3.63) is 29.8 Å². The number of rotatable bonds is 10. The number of ether oxygens (including phenoxy) is 1. The Bertz CT molecular complexity index is 708. The fourth-order valence-electron chi connectivity index (χ4n) is 3.73. The third-order valence-electron chi connectivity index (χ3n) is 5.59. The SMILES string of the molecule is CCC(CC)C(CNC(=O)CCS(=O)(=O)c1ccc(C)cc1)N1CCOCC1. The lowest BCUT2D eigenvalue weighted by molar-refractivity contribution is -0.121. The first-order chi connectivity index (χ1) is 13.4. The first kappa shape index (κ1) is 22.8. The molecule has 0 bridgehead atoms. The monoisotopic (exact) mass is 410 g/mol. The van der Waals surface area contributed by atoms with Crippen molar-refractivity contribution in [2.24, 2.45) is 5.92 Å². The maximum atomic E-state index is 12.4. The van der Waals surface area contributed by atoms with E-state index in [0.717, 1.165) is 44.7 Å². The van der Waals surface area contributed by atoms with Crippen LogP contribution < -0.4 is 5.32 Å². The summed E-state index contributed by atoms with van der Waals surface area (Å²) >= 11 is 0. The van der Waals surface area contributed by atoms with Crippen LogP contribution in [-0.2, 0) is 19.4 Å². The van der Waals surface area contributed by atoms with Crippen LogP contribution in [-0.4, -0.2) is 63.9 Å². The first-order valence-corrected chi connectivity index (χ1v) is 11.9. The lowest BCUT2D eigenvalue weighted by atomic mass is 9.92. The summed E-state index contributed by atoms with van der Waals surface area (Å²) in [4.78, 5) is 15.0. The molecule has 2 rings (SSSR count). The number of sulfone groups is 1. The highest BCUT2D eigenvalue weighted by molar-refractivity contribution is 7.91. The Hall–Kier alpha value is -1.44. The summed E-state index contributed by atoms with van der Waals surface area (Å²) in [6, 6.07) is 7.01. The number of hydrogen-bond donors (Lipinski definition) is 1. The fourth-order valence-corrected chi connectivity index (χ4v) is 4.97. The van der Waals surface area contributed by atoms with Gasteiger partial charge in [0.1, 0.15) is 0 Å². The lowest BCUT2D eigenvalue weighted by Gasteiger charge is -2.38. The van der Waals surface area contributed by atoms with E-state index in [1.54, 1.807) is 24.3 Å². The van der Waals surface area contributed by atoms with Gasteiger partial charge in [-0.15, -0.1) is 0 Å². The first-order valence-electron chi connectivity index (χ1n) is 10.2. The number of carbonyl (C=O) groups excluding carboxylic acids is 1. The molecule has 1 unspecified atom stereocenters. The van der Waals surface area contributed by atoms with Crippen molar-refractivity contribution in [1.29, 1.82) is 0 Å². The molecule has 6 nitrogen and oxygen atoms in total. The molecule has 1 fully saturated rings. The summed E-state index contributed by atoms with van der Waals surface area (Å²) < 4.78 is 30.3. The van der Waals surface area contributed by atoms with E-state index >= 15 is 0 Å². The molecule has 1 aliphatic heterocycles. The standard InChI is InChI=1S/C21H34N2O4S/c1-4-18(5-2)20(23-11-13-27-14-12-23)16-22-21(24)10-15-28(25,26)19-8-6-17(3)7-9-19/h6-9,18,20H,4-5,10-16H2,1-3H3,(H,22,24). The van der Waals surface area contributed by atoms with Gasteiger partial charge in [0.25, 0.3) is 0 Å². The van der Waals surface area contributed by atoms with Crippen molar-refractivity contribution in [1.82, 2.24) is 10.2 Å². The predicted octanol–water partition coefficient (Wildman–Crippen LogP) is 2.41. The third kappa shape index (κ3) is 6.57. The van der Waals surface area contributed by atoms with E-state index in [1.807, 2.05) is 6.92 Å². The number of benzene rings is 1. The molecule has 1 N–H and O–H groups in total. The molecule has 158 valence electrons. The molecule has 0 saturated carbocycles. The van der Waals surface area contributed by atoms with Crippen molar-refractivity contribution >= 4 is 15.7 Å². The zero-order valence-electron chi connectivity index (χ0n) is 17.3. The molecule has 1 atom stereocenters. The minimum absolute atomic E-state index is 0.0189. The van der Waals surface area contributed by atoms with Gasteiger partial charge in [0.05, 0.1) is 23.9 Å². The van der Waals surface area contributed by atoms with Crippen LogP contribution >= 0.6 is 0 Å². The normalized spacial score (nSPS) is 16.9. The number of carbonyl (C=O) groups is 1. The molecule has 0 radical (unpaired) electrons. The van der Waals surface area contributed by atoms with Gasteiger partial charge < -0.3 is 10.1 Å². The second-order valence-corrected chi connectivity index (χ2v) is 9.59. The highest BCUT2D eigenvalue weighted by Gasteiger charge is 2.27. The second-order valence-electron chi connectivity index (χ2n) is 7.48. The summed E-state index contributed by atoms with van der Waals surface area (Å²) in [7, 11) is -3.44. The van der Waals surface area contributed by atoms with Crippen LogP contribution in [0.4, 0.5) is 0 Å². The Morgan fingerprint density at radius 1 is 1.14 bits per heavy atom. The Kier molecular flexibility index (Phi) is 8.92. The lowest BCUT2D eigenvalue weighted by Crippen LogP contribution is -2.52. The molecule has 1 aliphatic rings. The van der Waals surface area contributed by atoms with Crippen molar-refractivity contribution < 1.29 is 17.9 Å². The molecule has 0 aromatic heterocycles. The maximum absolute atomic E-state index is 12.4. The topological polar surface area (TPSA) is 75.7 Å². The fraction of sp³-hybridized carbons (Fsp3) is 0.667. The molecule has 1 saturated heterocycles. The van der Waals surface area contributed by atoms with Crippen LogP contribution in [0, 0.1) is 12.8 Å². The van der Waals surface area contributed by atoms with Crippen LogP contribution in [0.1, 0.15) is 38.7 Å². The second kappa shape index (κ2) is 10.9. The van der Waals surface area contributed by atoms with E-state index in [9.17, 15) is 13.2 Å². The summed E-state index contributed by atoms with van der Waals surface area (Å²) in [5.74, 6) is 0.115. The zero-order chi connectivity index (χ0) is 20.6. The average molecular weight is 411 g/mol. The largest absolute Gasteiger partial charge is 0.379 e. The van der Waals surface area contributed by atoms with E-state index in [-0.39, 0.29) is 29.0 Å². The zero-order valence-corrected chi connectivity index (χ0v) is 18.1. The van der Waals surface area contributed by atoms with Gasteiger partial charge in [-0.3, -0.25) is 9.69 Å². The quantitative estimate of drug-likeness (QED) is 0.641. The van der Waals surface area contributed by atoms with Gasteiger partial charge >= 0.3 is 0 Å². The van der Waals surface area contributed by atoms with Crippen LogP contribution in [0.3, 0.4) is 0 Å². The molecule has 1 aromatic rings. The van der Waals surface area contributed by atoms with Gasteiger partial charge in [-0.05, 0) is 25.0 Å². The summed E-state index contributed by atoms with van der Waals surface area (Å²) in [5.41, 5.74) is 1.01. The number of aryl methyl sites for hydroxylation is 1. The summed E-state index contributed by atoms with van der Waals surface area (Å²) in [5, 5.41) is 2.98. The molecular formula is C21H34N2O4S. The van der Waals surface area contributed by atoms with Crippen molar-refractivity contribution in [2.75, 3.05) is 38.6 Å². The Morgan fingerprint density at radius 3 is 2.32 bits per heavy atom. The minimum Gasteiger partial charge on any atom is -0.379 e. The van der Waals surface area contributed by atoms with Gasteiger partial charge in [0, 0.05) is 32.1 Å². The van der Waals surface area contributed by atoms with E-state index in [4.69, 9.17) is 4.74 Å². The number of amides is 1. The Labute approximate surface area is 169 Å². The van der Waals surface area contributed by atoms with Gasteiger partial charge in [0.15, 0.2) is 9.84 Å². The van der Waals surface area contributed by atoms with Crippen LogP contribution in [0.25, 0.3) is 0 Å². The van der Waals surface area contributed by atoms with Crippen molar-refractivity contribution in [3.63, 3.8) is 0 Å². The van der Waals surface area contributed by atoms with Gasteiger partial charge in [0.2, 0.25) is 5.91 Å². The number of nitrogens with one attached hydrogen (secondary N) is 1. The molecule has 0 aliphatic carbocycles. The number of nitrogens with zero attached hydrogens (tertiary/aromatic N) is 1. The maximum Gasteiger partial charge on any atom is 0.221 e. The predicted molar refractivity (Wildman–Crippen MR) is 111 cm³/mol. The highest BCUT2D eigenvalue weighted by atomic mass is 32.2. The summed E-state index contributed by atoms with van der Waals surface area (Å²) in [6.07, 6.45) is 2.08.